The van der Waals surface area contributed by atoms with Gasteiger partial charge in [0.05, 0.1) is 10.8 Å². The molecule has 2 unspecified atom stereocenters. The predicted molar refractivity (Wildman–Crippen MR) is 178 cm³/mol. The summed E-state index contributed by atoms with van der Waals surface area (Å²) in [4.78, 5) is 22.9. The predicted octanol–water partition coefficient (Wildman–Crippen LogP) is 9.17. The Morgan fingerprint density at radius 2 is 1.48 bits per heavy atom. The highest BCUT2D eigenvalue weighted by atomic mass is 35.5. The molecule has 0 saturated heterocycles. The first-order valence-corrected chi connectivity index (χ1v) is 16.8. The molecule has 0 bridgehead atoms. The van der Waals surface area contributed by atoms with Gasteiger partial charge in [-0.1, -0.05) is 67.9 Å². The number of ether oxygens (including phenoxy) is 2. The minimum atomic E-state index is -2.78. The zero-order valence-electron chi connectivity index (χ0n) is 25.4. The van der Waals surface area contributed by atoms with Gasteiger partial charge >= 0.3 is 12.7 Å². The van der Waals surface area contributed by atoms with Gasteiger partial charge in [-0.3, -0.25) is 14.9 Å². The van der Waals surface area contributed by atoms with Gasteiger partial charge in [0.15, 0.2) is 0 Å². The second kappa shape index (κ2) is 17.4. The average Bonchev–Trinajstić information content (AvgIpc) is 3.05. The van der Waals surface area contributed by atoms with Crippen LogP contribution in [0.25, 0.3) is 0 Å². The van der Waals surface area contributed by atoms with E-state index >= 15 is 0 Å². The molecular weight excluding hydrogens is 651 g/mol. The van der Waals surface area contributed by atoms with E-state index in [9.17, 15) is 20.2 Å². The van der Waals surface area contributed by atoms with Gasteiger partial charge in [-0.05, 0) is 60.0 Å². The molecule has 0 aliphatic rings. The summed E-state index contributed by atoms with van der Waals surface area (Å²) < 4.78 is 26.6. The van der Waals surface area contributed by atoms with E-state index in [4.69, 9.17) is 46.5 Å². The highest BCUT2D eigenvalue weighted by Crippen LogP contribution is 2.48. The quantitative estimate of drug-likeness (QED) is 0.0617. The van der Waals surface area contributed by atoms with Crippen molar-refractivity contribution in [2.45, 2.75) is 25.9 Å². The summed E-state index contributed by atoms with van der Waals surface area (Å²) in [5.41, 5.74) is 1.34. The molecule has 13 heteroatoms. The molecule has 0 aliphatic heterocycles. The number of nitro groups is 1. The van der Waals surface area contributed by atoms with Crippen LogP contribution in [-0.4, -0.2) is 25.1 Å². The van der Waals surface area contributed by atoms with Crippen LogP contribution in [0.2, 0.25) is 5.02 Å². The van der Waals surface area contributed by atoms with Gasteiger partial charge in [0.2, 0.25) is 6.10 Å². The third kappa shape index (κ3) is 10.7. The second-order valence-electron chi connectivity index (χ2n) is 9.86. The van der Waals surface area contributed by atoms with E-state index in [-0.39, 0.29) is 11.6 Å². The van der Waals surface area contributed by atoms with Crippen molar-refractivity contribution in [2.75, 3.05) is 14.2 Å². The Balaban J connectivity index is 0.000000304. The fraction of sp³-hybridized carbons (Fsp3) is 0.212. The topological polar surface area (TPSA) is 130 Å². The first-order valence-electron chi connectivity index (χ1n) is 13.8. The van der Waals surface area contributed by atoms with E-state index in [1.807, 2.05) is 56.3 Å². The Labute approximate surface area is 277 Å². The SMILES string of the molecule is CC(C)C(C(=O)OC(C#N)c1cccc(Oc2ccccc2)c1)c1ccc(Cl)cc1.COP(=S)(OC)Oc1ccc([N+](=O)[O-])cc1. The Morgan fingerprint density at radius 1 is 0.870 bits per heavy atom. The van der Waals surface area contributed by atoms with Crippen molar-refractivity contribution in [1.82, 2.24) is 0 Å². The number of esters is 1. The van der Waals surface area contributed by atoms with Gasteiger partial charge in [-0.2, -0.15) is 5.26 Å². The molecule has 0 heterocycles. The van der Waals surface area contributed by atoms with Crippen molar-refractivity contribution in [2.24, 2.45) is 5.92 Å². The molecule has 240 valence electrons. The van der Waals surface area contributed by atoms with E-state index in [1.54, 1.807) is 36.4 Å². The van der Waals surface area contributed by atoms with Crippen LogP contribution in [0.5, 0.6) is 17.2 Å². The summed E-state index contributed by atoms with van der Waals surface area (Å²) in [6, 6.07) is 31.0. The molecule has 0 spiro atoms. The summed E-state index contributed by atoms with van der Waals surface area (Å²) in [7, 11) is 2.77. The fourth-order valence-electron chi connectivity index (χ4n) is 4.09. The number of halogens is 1. The van der Waals surface area contributed by atoms with E-state index in [0.717, 1.165) is 5.56 Å². The number of benzene rings is 4. The summed E-state index contributed by atoms with van der Waals surface area (Å²) in [6.45, 7) is 1.10. The highest BCUT2D eigenvalue weighted by Gasteiger charge is 2.29. The molecule has 0 saturated carbocycles. The van der Waals surface area contributed by atoms with Gasteiger partial charge in [0, 0.05) is 48.7 Å². The smallest absolute Gasteiger partial charge is 0.380 e. The van der Waals surface area contributed by atoms with Crippen LogP contribution < -0.4 is 9.26 Å². The van der Waals surface area contributed by atoms with Gasteiger partial charge in [0.25, 0.3) is 5.69 Å². The van der Waals surface area contributed by atoms with Crippen molar-refractivity contribution in [3.8, 4) is 23.3 Å². The maximum Gasteiger partial charge on any atom is 0.380 e. The number of hydrogen-bond donors (Lipinski definition) is 0. The van der Waals surface area contributed by atoms with Gasteiger partial charge in [-0.25, -0.2) is 0 Å². The zero-order valence-corrected chi connectivity index (χ0v) is 27.9. The Hall–Kier alpha value is -4.30. The number of rotatable bonds is 12. The molecule has 0 aliphatic carbocycles. The summed E-state index contributed by atoms with van der Waals surface area (Å²) >= 11 is 10.9. The van der Waals surface area contributed by atoms with E-state index in [1.165, 1.54) is 38.5 Å². The van der Waals surface area contributed by atoms with Gasteiger partial charge in [0.1, 0.15) is 23.3 Å². The molecule has 0 amide bonds. The van der Waals surface area contributed by atoms with E-state index in [0.29, 0.717) is 27.8 Å². The van der Waals surface area contributed by atoms with Crippen LogP contribution in [0, 0.1) is 27.4 Å². The lowest BCUT2D eigenvalue weighted by atomic mass is 9.88. The number of nitrogens with zero attached hydrogens (tertiary/aromatic N) is 2. The van der Waals surface area contributed by atoms with Gasteiger partial charge < -0.3 is 23.0 Å². The molecule has 0 radical (unpaired) electrons. The van der Waals surface area contributed by atoms with Crippen LogP contribution in [0.1, 0.15) is 37.0 Å². The lowest BCUT2D eigenvalue weighted by Crippen LogP contribution is -2.22. The highest BCUT2D eigenvalue weighted by molar-refractivity contribution is 8.07. The lowest BCUT2D eigenvalue weighted by molar-refractivity contribution is -0.384. The van der Waals surface area contributed by atoms with E-state index < -0.39 is 29.6 Å². The Kier molecular flexibility index (Phi) is 13.7. The van der Waals surface area contributed by atoms with Crippen molar-refractivity contribution in [3.63, 3.8) is 0 Å². The zero-order chi connectivity index (χ0) is 33.7. The molecule has 0 N–H and O–H groups in total. The van der Waals surface area contributed by atoms with Crippen LogP contribution >= 0.6 is 18.3 Å². The molecule has 2 atom stereocenters. The van der Waals surface area contributed by atoms with E-state index in [2.05, 4.69) is 6.07 Å². The molecule has 0 fully saturated rings. The standard InChI is InChI=1S/C25H22ClNO3.C8H10NO5PS/c1-17(2)24(18-11-13-20(26)14-12-18)25(28)30-23(16-27)19-7-6-10-22(15-19)29-21-8-4-3-5-9-21;1-12-15(16,13-2)14-8-5-3-7(4-6-8)9(10)11/h3-15,17,23-24H,1-2H3;3-6H,1-2H3. The van der Waals surface area contributed by atoms with Crippen molar-refractivity contribution >= 4 is 41.8 Å². The number of carbonyl (C=O) groups is 1. The van der Waals surface area contributed by atoms with Crippen LogP contribution in [-0.2, 0) is 30.4 Å². The molecule has 10 nitrogen and oxygen atoms in total. The molecule has 4 aromatic rings. The summed E-state index contributed by atoms with van der Waals surface area (Å²) in [5.74, 6) is 0.661. The molecule has 0 aromatic heterocycles. The number of para-hydroxylation sites is 1. The Morgan fingerprint density at radius 3 is 2.02 bits per heavy atom. The first-order chi connectivity index (χ1) is 22.0. The van der Waals surface area contributed by atoms with Gasteiger partial charge in [-0.15, -0.1) is 0 Å². The second-order valence-corrected chi connectivity index (χ2v) is 13.4. The molecular formula is C33H32ClN2O8PS. The largest absolute Gasteiger partial charge is 0.457 e. The first kappa shape index (κ1) is 36.2. The minimum Gasteiger partial charge on any atom is -0.457 e. The average molecular weight is 683 g/mol. The maximum absolute atomic E-state index is 13.0. The molecule has 46 heavy (non-hydrogen) atoms. The third-order valence-corrected chi connectivity index (χ3v) is 9.05. The van der Waals surface area contributed by atoms with Crippen molar-refractivity contribution in [1.29, 1.82) is 5.26 Å². The number of carbonyl (C=O) groups excluding carboxylic acids is 1. The fourth-order valence-corrected chi connectivity index (χ4v) is 5.16. The maximum atomic E-state index is 13.0. The summed E-state index contributed by atoms with van der Waals surface area (Å²) in [6.07, 6.45) is -1.04. The number of non-ortho nitro benzene ring substituents is 1. The lowest BCUT2D eigenvalue weighted by Gasteiger charge is -2.22. The van der Waals surface area contributed by atoms with Crippen LogP contribution in [0.4, 0.5) is 5.69 Å². The Bertz CT molecular complexity index is 1670. The third-order valence-electron chi connectivity index (χ3n) is 6.35. The van der Waals surface area contributed by atoms with Crippen molar-refractivity contribution < 1.29 is 32.8 Å². The van der Waals surface area contributed by atoms with Crippen molar-refractivity contribution in [3.05, 3.63) is 129 Å². The minimum absolute atomic E-state index is 0.00855. The van der Waals surface area contributed by atoms with Crippen LogP contribution in [0.3, 0.4) is 0 Å². The normalized spacial score (nSPS) is 12.1. The number of nitro benzene ring substituents is 1. The number of nitriles is 1. The molecule has 4 rings (SSSR count). The monoisotopic (exact) mass is 682 g/mol. The summed E-state index contributed by atoms with van der Waals surface area (Å²) in [5, 5.41) is 20.7. The van der Waals surface area contributed by atoms with Crippen LogP contribution in [0.15, 0.2) is 103 Å². The molecule has 4 aromatic carbocycles. The number of hydrogen-bond acceptors (Lipinski definition) is 10.